The van der Waals surface area contributed by atoms with Gasteiger partial charge in [0.2, 0.25) is 11.9 Å². The van der Waals surface area contributed by atoms with Gasteiger partial charge in [-0.15, -0.1) is 0 Å². The minimum absolute atomic E-state index is 0.0240. The third-order valence-electron chi connectivity index (χ3n) is 6.43. The lowest BCUT2D eigenvalue weighted by Crippen LogP contribution is -2.58. The van der Waals surface area contributed by atoms with Crippen LogP contribution in [0.5, 0.6) is 0 Å². The first-order valence-corrected chi connectivity index (χ1v) is 11.0. The molecule has 8 heteroatoms. The van der Waals surface area contributed by atoms with Gasteiger partial charge in [0.1, 0.15) is 5.66 Å². The molecule has 0 unspecified atom stereocenters. The molecule has 0 aromatic heterocycles. The molecule has 8 nitrogen and oxygen atoms in total. The molecule has 1 saturated carbocycles. The number of aliphatic imine (C=N–C) groups is 2. The Bertz CT molecular complexity index is 838. The number of piperidine rings is 1. The average Bonchev–Trinajstić information content (AvgIpc) is 2.74. The lowest BCUT2D eigenvalue weighted by atomic mass is 9.87. The maximum absolute atomic E-state index is 12.1. The number of rotatable bonds is 4. The second-order valence-electron chi connectivity index (χ2n) is 8.32. The first-order chi connectivity index (χ1) is 14.5. The van der Waals surface area contributed by atoms with Gasteiger partial charge in [-0.25, -0.2) is 4.99 Å². The van der Waals surface area contributed by atoms with Crippen LogP contribution in [0.3, 0.4) is 0 Å². The highest BCUT2D eigenvalue weighted by atomic mass is 16.5. The summed E-state index contributed by atoms with van der Waals surface area (Å²) >= 11 is 0. The number of hydrogen-bond acceptors (Lipinski definition) is 8. The topological polar surface area (TPSA) is 110 Å². The molecule has 1 aromatic carbocycles. The maximum atomic E-state index is 12.1. The fourth-order valence-corrected chi connectivity index (χ4v) is 5.01. The van der Waals surface area contributed by atoms with Crippen molar-refractivity contribution in [3.8, 4) is 0 Å². The zero-order chi connectivity index (χ0) is 21.1. The van der Waals surface area contributed by atoms with E-state index in [0.717, 1.165) is 63.0 Å². The Morgan fingerprint density at radius 2 is 1.80 bits per heavy atom. The Morgan fingerprint density at radius 3 is 2.47 bits per heavy atom. The van der Waals surface area contributed by atoms with Crippen molar-refractivity contribution in [1.29, 1.82) is 0 Å². The largest absolute Gasteiger partial charge is 0.466 e. The fourth-order valence-electron chi connectivity index (χ4n) is 5.01. The average molecular weight is 413 g/mol. The van der Waals surface area contributed by atoms with Gasteiger partial charge in [-0.05, 0) is 57.6 Å². The summed E-state index contributed by atoms with van der Waals surface area (Å²) in [6.07, 6.45) is 6.76. The third-order valence-corrected chi connectivity index (χ3v) is 6.43. The van der Waals surface area contributed by atoms with Gasteiger partial charge in [-0.3, -0.25) is 9.69 Å². The number of benzene rings is 1. The van der Waals surface area contributed by atoms with Crippen LogP contribution >= 0.6 is 0 Å². The van der Waals surface area contributed by atoms with Crippen molar-refractivity contribution in [2.24, 2.45) is 27.4 Å². The van der Waals surface area contributed by atoms with E-state index in [-0.39, 0.29) is 17.8 Å². The number of carbonyl (C=O) groups excluding carboxylic acids is 1. The van der Waals surface area contributed by atoms with Crippen LogP contribution in [-0.2, 0) is 9.53 Å². The number of nitrogens with two attached hydrogens (primary N) is 2. The highest BCUT2D eigenvalue weighted by molar-refractivity contribution is 6.07. The highest BCUT2D eigenvalue weighted by Crippen LogP contribution is 2.43. The van der Waals surface area contributed by atoms with Gasteiger partial charge in [0.15, 0.2) is 0 Å². The zero-order valence-electron chi connectivity index (χ0n) is 17.7. The van der Waals surface area contributed by atoms with E-state index in [2.05, 4.69) is 26.9 Å². The first kappa shape index (κ1) is 20.5. The summed E-state index contributed by atoms with van der Waals surface area (Å²) in [5.41, 5.74) is 14.1. The molecule has 2 fully saturated rings. The van der Waals surface area contributed by atoms with Gasteiger partial charge in [0.05, 0.1) is 23.9 Å². The van der Waals surface area contributed by atoms with Gasteiger partial charge in [0, 0.05) is 13.1 Å². The predicted molar refractivity (Wildman–Crippen MR) is 120 cm³/mol. The zero-order valence-corrected chi connectivity index (χ0v) is 17.7. The van der Waals surface area contributed by atoms with Crippen LogP contribution in [0.25, 0.3) is 0 Å². The molecular weight excluding hydrogens is 380 g/mol. The quantitative estimate of drug-likeness (QED) is 0.736. The number of para-hydroxylation sites is 2. The second-order valence-corrected chi connectivity index (χ2v) is 8.32. The number of esters is 1. The third kappa shape index (κ3) is 3.82. The molecule has 0 bridgehead atoms. The molecule has 0 atom stereocenters. The number of ether oxygens (including phenoxy) is 1. The number of guanidine groups is 2. The molecule has 0 amide bonds. The van der Waals surface area contributed by atoms with Gasteiger partial charge in [-0.1, -0.05) is 18.6 Å². The number of hydrogen-bond donors (Lipinski definition) is 2. The van der Waals surface area contributed by atoms with Gasteiger partial charge >= 0.3 is 5.97 Å². The van der Waals surface area contributed by atoms with Gasteiger partial charge in [0.25, 0.3) is 0 Å². The standard InChI is InChI=1S/C22H32N6O2/c1-2-30-19(29)16-10-14-27(15-11-16)17-8-4-5-9-18(17)28-21(24)25-20(23)26-22(28)12-6-3-7-13-22/h4-5,8-9,16H,2-3,6-7,10-15H2,1H3,(H4,23,24,25,26). The monoisotopic (exact) mass is 412 g/mol. The van der Waals surface area contributed by atoms with Gasteiger partial charge in [-0.2, -0.15) is 4.99 Å². The van der Waals surface area contributed by atoms with Crippen molar-refractivity contribution >= 4 is 29.3 Å². The summed E-state index contributed by atoms with van der Waals surface area (Å²) in [6, 6.07) is 8.27. The minimum atomic E-state index is -0.465. The molecule has 2 heterocycles. The van der Waals surface area contributed by atoms with Crippen LogP contribution in [0.15, 0.2) is 34.3 Å². The molecule has 162 valence electrons. The Hall–Kier alpha value is -2.77. The molecule has 1 saturated heterocycles. The van der Waals surface area contributed by atoms with Crippen molar-refractivity contribution in [3.63, 3.8) is 0 Å². The van der Waals surface area contributed by atoms with Crippen LogP contribution in [0, 0.1) is 5.92 Å². The van der Waals surface area contributed by atoms with Gasteiger partial charge < -0.3 is 21.1 Å². The molecule has 3 aliphatic rings. The molecule has 0 radical (unpaired) electrons. The second kappa shape index (κ2) is 8.53. The van der Waals surface area contributed by atoms with E-state index in [9.17, 15) is 4.79 Å². The molecule has 1 spiro atoms. The van der Waals surface area contributed by atoms with E-state index < -0.39 is 5.66 Å². The Labute approximate surface area is 178 Å². The van der Waals surface area contributed by atoms with Crippen LogP contribution in [-0.4, -0.2) is 43.2 Å². The summed E-state index contributed by atoms with van der Waals surface area (Å²) in [4.78, 5) is 25.6. The molecule has 1 aliphatic carbocycles. The van der Waals surface area contributed by atoms with E-state index >= 15 is 0 Å². The Balaban J connectivity index is 1.62. The number of carbonyl (C=O) groups is 1. The van der Waals surface area contributed by atoms with E-state index in [1.54, 1.807) is 0 Å². The Kier molecular flexibility index (Phi) is 5.83. The molecule has 4 rings (SSSR count). The summed E-state index contributed by atoms with van der Waals surface area (Å²) in [7, 11) is 0. The number of nitrogens with zero attached hydrogens (tertiary/aromatic N) is 4. The van der Waals surface area contributed by atoms with Crippen LogP contribution < -0.4 is 21.3 Å². The summed E-state index contributed by atoms with van der Waals surface area (Å²) in [6.45, 7) is 3.87. The molecule has 4 N–H and O–H groups in total. The van der Waals surface area contributed by atoms with Crippen LogP contribution in [0.4, 0.5) is 11.4 Å². The number of anilines is 2. The summed E-state index contributed by atoms with van der Waals surface area (Å²) < 4.78 is 5.22. The van der Waals surface area contributed by atoms with E-state index in [1.165, 1.54) is 6.42 Å². The van der Waals surface area contributed by atoms with E-state index in [0.29, 0.717) is 12.6 Å². The predicted octanol–water partition coefficient (Wildman–Crippen LogP) is 2.58. The molecule has 30 heavy (non-hydrogen) atoms. The highest BCUT2D eigenvalue weighted by Gasteiger charge is 2.43. The van der Waals surface area contributed by atoms with Crippen molar-refractivity contribution in [2.45, 2.75) is 57.5 Å². The smallest absolute Gasteiger partial charge is 0.309 e. The van der Waals surface area contributed by atoms with Crippen molar-refractivity contribution in [2.75, 3.05) is 29.5 Å². The van der Waals surface area contributed by atoms with Crippen molar-refractivity contribution < 1.29 is 9.53 Å². The molecular formula is C22H32N6O2. The fraction of sp³-hybridized carbons (Fsp3) is 0.591. The van der Waals surface area contributed by atoms with Crippen molar-refractivity contribution in [3.05, 3.63) is 24.3 Å². The first-order valence-electron chi connectivity index (χ1n) is 11.0. The summed E-state index contributed by atoms with van der Waals surface area (Å²) in [5, 5.41) is 0. The van der Waals surface area contributed by atoms with E-state index in [1.807, 2.05) is 19.1 Å². The lowest BCUT2D eigenvalue weighted by molar-refractivity contribution is -0.148. The van der Waals surface area contributed by atoms with Crippen LogP contribution in [0.1, 0.15) is 51.9 Å². The maximum Gasteiger partial charge on any atom is 0.309 e. The summed E-state index contributed by atoms with van der Waals surface area (Å²) in [5.74, 6) is 0.560. The van der Waals surface area contributed by atoms with Crippen LogP contribution in [0.2, 0.25) is 0 Å². The molecule has 2 aliphatic heterocycles. The SMILES string of the molecule is CCOC(=O)C1CCN(c2ccccc2N2C(N)=NC(N)=NC23CCCCC3)CC1. The van der Waals surface area contributed by atoms with E-state index in [4.69, 9.17) is 21.2 Å². The van der Waals surface area contributed by atoms with Crippen molar-refractivity contribution in [1.82, 2.24) is 0 Å². The molecule has 1 aromatic rings. The lowest BCUT2D eigenvalue weighted by Gasteiger charge is -2.47. The normalized spacial score (nSPS) is 21.9. The Morgan fingerprint density at radius 1 is 1.13 bits per heavy atom. The minimum Gasteiger partial charge on any atom is -0.466 e.